The van der Waals surface area contributed by atoms with Crippen LogP contribution in [-0.4, -0.2) is 11.2 Å². The van der Waals surface area contributed by atoms with Gasteiger partial charge in [-0.05, 0) is 12.7 Å². The van der Waals surface area contributed by atoms with Crippen molar-refractivity contribution in [3.63, 3.8) is 0 Å². The summed E-state index contributed by atoms with van der Waals surface area (Å²) >= 11 is 7.14. The van der Waals surface area contributed by atoms with Gasteiger partial charge in [0, 0.05) is 16.0 Å². The molecule has 0 unspecified atom stereocenters. The molecule has 0 aliphatic heterocycles. The molecule has 0 bridgehead atoms. The van der Waals surface area contributed by atoms with E-state index in [0.717, 1.165) is 17.5 Å². The molecule has 0 fully saturated rings. The fourth-order valence-electron chi connectivity index (χ4n) is 1.00. The number of alkyl halides is 1. The second kappa shape index (κ2) is 5.25. The third kappa shape index (κ3) is 2.47. The van der Waals surface area contributed by atoms with E-state index >= 15 is 0 Å². The van der Waals surface area contributed by atoms with Crippen LogP contribution in [0.5, 0.6) is 0 Å². The third-order valence-corrected chi connectivity index (χ3v) is 4.32. The fourth-order valence-corrected chi connectivity index (χ4v) is 3.37. The van der Waals surface area contributed by atoms with E-state index in [0.29, 0.717) is 0 Å². The number of nitrogens with zero attached hydrogens (tertiary/aromatic N) is 1. The Hall–Kier alpha value is 0.460. The zero-order valence-corrected chi connectivity index (χ0v) is 10.5. The van der Waals surface area contributed by atoms with Crippen LogP contribution in [0.2, 0.25) is 0 Å². The lowest BCUT2D eigenvalue weighted by atomic mass is 10.3. The molecule has 0 atom stereocenters. The zero-order chi connectivity index (χ0) is 8.97. The van der Waals surface area contributed by atoms with Crippen LogP contribution in [0.4, 0.5) is 0 Å². The van der Waals surface area contributed by atoms with Crippen molar-refractivity contribution in [1.29, 1.82) is 0 Å². The Labute approximate surface area is 90.1 Å². The van der Waals surface area contributed by atoms with Gasteiger partial charge in [-0.15, -0.1) is 11.3 Å². The first-order chi connectivity index (χ1) is 5.81. The normalized spacial score (nSPS) is 10.6. The molecular formula is C8H12BrNS2. The molecule has 1 heterocycles. The molecule has 0 saturated heterocycles. The molecule has 0 saturated carbocycles. The van der Waals surface area contributed by atoms with Gasteiger partial charge in [-0.3, -0.25) is 0 Å². The van der Waals surface area contributed by atoms with Crippen LogP contribution in [0.1, 0.15) is 22.5 Å². The Morgan fingerprint density at radius 2 is 2.33 bits per heavy atom. The van der Waals surface area contributed by atoms with Gasteiger partial charge in [0.1, 0.15) is 5.01 Å². The van der Waals surface area contributed by atoms with Gasteiger partial charge in [0.25, 0.3) is 0 Å². The number of halogens is 1. The standard InChI is InChI=1S/C8H12BrNS2/c1-3-6-7(4-9)12-8(10-6)5-11-2/h3-5H2,1-2H3. The monoisotopic (exact) mass is 265 g/mol. The Bertz CT molecular complexity index is 226. The highest BCUT2D eigenvalue weighted by molar-refractivity contribution is 9.08. The fraction of sp³-hybridized carbons (Fsp3) is 0.625. The number of thiazole rings is 1. The van der Waals surface area contributed by atoms with E-state index in [9.17, 15) is 0 Å². The largest absolute Gasteiger partial charge is 0.245 e. The molecule has 4 heteroatoms. The molecule has 1 nitrogen and oxygen atoms in total. The molecule has 0 aromatic carbocycles. The molecule has 0 amide bonds. The summed E-state index contributed by atoms with van der Waals surface area (Å²) in [5.74, 6) is 1.05. The topological polar surface area (TPSA) is 12.9 Å². The summed E-state index contributed by atoms with van der Waals surface area (Å²) in [5, 5.41) is 2.20. The quantitative estimate of drug-likeness (QED) is 0.774. The number of aryl methyl sites for hydroxylation is 1. The molecule has 68 valence electrons. The van der Waals surface area contributed by atoms with Gasteiger partial charge in [-0.25, -0.2) is 4.98 Å². The lowest BCUT2D eigenvalue weighted by molar-refractivity contribution is 1.02. The minimum absolute atomic E-state index is 0.947. The molecule has 0 radical (unpaired) electrons. The predicted molar refractivity (Wildman–Crippen MR) is 61.3 cm³/mol. The summed E-state index contributed by atoms with van der Waals surface area (Å²) in [6, 6.07) is 0. The lowest BCUT2D eigenvalue weighted by Gasteiger charge is -1.90. The van der Waals surface area contributed by atoms with Crippen molar-refractivity contribution in [2.45, 2.75) is 24.4 Å². The number of hydrogen-bond donors (Lipinski definition) is 0. The van der Waals surface area contributed by atoms with Crippen LogP contribution < -0.4 is 0 Å². The summed E-state index contributed by atoms with van der Waals surface area (Å²) in [6.45, 7) is 2.16. The average Bonchev–Trinajstić information content (AvgIpc) is 2.48. The first-order valence-corrected chi connectivity index (χ1v) is 7.17. The Morgan fingerprint density at radius 3 is 2.75 bits per heavy atom. The van der Waals surface area contributed by atoms with Crippen molar-refractivity contribution in [2.24, 2.45) is 0 Å². The molecule has 1 aromatic heterocycles. The van der Waals surface area contributed by atoms with Crippen molar-refractivity contribution in [3.05, 3.63) is 15.6 Å². The van der Waals surface area contributed by atoms with E-state index in [1.807, 2.05) is 23.1 Å². The van der Waals surface area contributed by atoms with Crippen molar-refractivity contribution in [3.8, 4) is 0 Å². The van der Waals surface area contributed by atoms with Crippen molar-refractivity contribution < 1.29 is 0 Å². The minimum Gasteiger partial charge on any atom is -0.245 e. The number of aromatic nitrogens is 1. The van der Waals surface area contributed by atoms with E-state index in [2.05, 4.69) is 34.1 Å². The molecule has 12 heavy (non-hydrogen) atoms. The smallest absolute Gasteiger partial charge is 0.103 e. The Morgan fingerprint density at radius 1 is 1.58 bits per heavy atom. The van der Waals surface area contributed by atoms with Crippen molar-refractivity contribution >= 4 is 39.0 Å². The van der Waals surface area contributed by atoms with E-state index in [1.54, 1.807) is 0 Å². The number of hydrogen-bond acceptors (Lipinski definition) is 3. The van der Waals surface area contributed by atoms with Crippen LogP contribution >= 0.6 is 39.0 Å². The van der Waals surface area contributed by atoms with Crippen molar-refractivity contribution in [1.82, 2.24) is 4.98 Å². The SMILES string of the molecule is CCc1nc(CSC)sc1CBr. The molecule has 0 aliphatic rings. The number of thioether (sulfide) groups is 1. The van der Waals surface area contributed by atoms with Crippen LogP contribution in [-0.2, 0) is 17.5 Å². The average molecular weight is 266 g/mol. The second-order valence-corrected chi connectivity index (χ2v) is 4.99. The van der Waals surface area contributed by atoms with E-state index in [4.69, 9.17) is 0 Å². The molecule has 0 N–H and O–H groups in total. The van der Waals surface area contributed by atoms with E-state index < -0.39 is 0 Å². The molecule has 1 rings (SSSR count). The highest BCUT2D eigenvalue weighted by Gasteiger charge is 2.07. The Balaban J connectivity index is 2.81. The maximum atomic E-state index is 4.56. The van der Waals surface area contributed by atoms with Gasteiger partial charge in [0.15, 0.2) is 0 Å². The lowest BCUT2D eigenvalue weighted by Crippen LogP contribution is -1.85. The molecule has 1 aromatic rings. The third-order valence-electron chi connectivity index (χ3n) is 1.55. The summed E-state index contributed by atoms with van der Waals surface area (Å²) in [6.07, 6.45) is 3.16. The predicted octanol–water partition coefficient (Wildman–Crippen LogP) is 3.46. The summed E-state index contributed by atoms with van der Waals surface area (Å²) < 4.78 is 0. The second-order valence-electron chi connectivity index (χ2n) is 2.40. The van der Waals surface area contributed by atoms with Gasteiger partial charge in [-0.2, -0.15) is 11.8 Å². The Kier molecular flexibility index (Phi) is 4.61. The van der Waals surface area contributed by atoms with Crippen LogP contribution in [0.25, 0.3) is 0 Å². The zero-order valence-electron chi connectivity index (χ0n) is 7.26. The minimum atomic E-state index is 0.947. The van der Waals surface area contributed by atoms with E-state index in [-0.39, 0.29) is 0 Å². The summed E-state index contributed by atoms with van der Waals surface area (Å²) in [4.78, 5) is 5.95. The van der Waals surface area contributed by atoms with Crippen LogP contribution in [0.15, 0.2) is 0 Å². The van der Waals surface area contributed by atoms with Gasteiger partial charge < -0.3 is 0 Å². The molecule has 0 aliphatic carbocycles. The first kappa shape index (κ1) is 10.5. The highest BCUT2D eigenvalue weighted by atomic mass is 79.9. The first-order valence-electron chi connectivity index (χ1n) is 3.84. The maximum absolute atomic E-state index is 4.56. The molecular weight excluding hydrogens is 254 g/mol. The summed E-state index contributed by atoms with van der Waals surface area (Å²) in [5.41, 5.74) is 1.26. The van der Waals surface area contributed by atoms with Crippen LogP contribution in [0, 0.1) is 0 Å². The number of rotatable bonds is 4. The van der Waals surface area contributed by atoms with E-state index in [1.165, 1.54) is 15.6 Å². The van der Waals surface area contributed by atoms with Gasteiger partial charge in [-0.1, -0.05) is 22.9 Å². The van der Waals surface area contributed by atoms with Crippen molar-refractivity contribution in [2.75, 3.05) is 6.26 Å². The van der Waals surface area contributed by atoms with Gasteiger partial charge in [0.05, 0.1) is 5.69 Å². The van der Waals surface area contributed by atoms with Crippen LogP contribution in [0.3, 0.4) is 0 Å². The van der Waals surface area contributed by atoms with Gasteiger partial charge in [0.2, 0.25) is 0 Å². The maximum Gasteiger partial charge on any atom is 0.103 e. The molecule has 0 spiro atoms. The summed E-state index contributed by atoms with van der Waals surface area (Å²) in [7, 11) is 0. The highest BCUT2D eigenvalue weighted by Crippen LogP contribution is 2.24. The van der Waals surface area contributed by atoms with Gasteiger partial charge >= 0.3 is 0 Å².